The van der Waals surface area contributed by atoms with Gasteiger partial charge in [0.1, 0.15) is 11.3 Å². The van der Waals surface area contributed by atoms with Gasteiger partial charge in [-0.05, 0) is 45.9 Å². The van der Waals surface area contributed by atoms with Gasteiger partial charge in [0.15, 0.2) is 0 Å². The predicted octanol–water partition coefficient (Wildman–Crippen LogP) is 3.61. The van der Waals surface area contributed by atoms with Gasteiger partial charge in [0.25, 0.3) is 0 Å². The quantitative estimate of drug-likeness (QED) is 0.498. The van der Waals surface area contributed by atoms with E-state index < -0.39 is 11.7 Å². The molecule has 1 amide bonds. The summed E-state index contributed by atoms with van der Waals surface area (Å²) in [6.07, 6.45) is 0.0643. The van der Waals surface area contributed by atoms with E-state index in [0.717, 1.165) is 16.5 Å². The summed E-state index contributed by atoms with van der Waals surface area (Å²) in [6, 6.07) is 7.43. The van der Waals surface area contributed by atoms with Gasteiger partial charge in [-0.1, -0.05) is 17.9 Å². The van der Waals surface area contributed by atoms with Gasteiger partial charge >= 0.3 is 12.1 Å². The molecule has 0 bridgehead atoms. The Labute approximate surface area is 153 Å². The number of benzene rings is 1. The third kappa shape index (κ3) is 5.85. The first kappa shape index (κ1) is 19.4. The minimum atomic E-state index is -0.510. The Hall–Kier alpha value is -2.94. The second kappa shape index (κ2) is 8.43. The Kier molecular flexibility index (Phi) is 6.29. The molecule has 26 heavy (non-hydrogen) atoms. The van der Waals surface area contributed by atoms with Crippen molar-refractivity contribution in [2.75, 3.05) is 13.2 Å². The lowest BCUT2D eigenvalue weighted by atomic mass is 10.1. The van der Waals surface area contributed by atoms with Crippen LogP contribution >= 0.6 is 0 Å². The molecule has 6 nitrogen and oxygen atoms in total. The van der Waals surface area contributed by atoms with Crippen molar-refractivity contribution in [2.45, 2.75) is 39.7 Å². The second-order valence-corrected chi connectivity index (χ2v) is 6.69. The Balaban J connectivity index is 1.92. The van der Waals surface area contributed by atoms with E-state index in [0.29, 0.717) is 25.3 Å². The summed E-state index contributed by atoms with van der Waals surface area (Å²) >= 11 is 0. The fraction of sp³-hybridized carbons (Fsp3) is 0.400. The first-order valence-electron chi connectivity index (χ1n) is 8.54. The number of H-pyrrole nitrogens is 1. The van der Waals surface area contributed by atoms with Crippen LogP contribution < -0.4 is 5.32 Å². The summed E-state index contributed by atoms with van der Waals surface area (Å²) < 4.78 is 10.1. The standard InChI is InChI=1S/C20H24N2O4/c1-5-25-18(23)17-13-15-10-9-14(12-16(15)22-17)8-6-7-11-21-19(24)26-20(2,3)4/h9-10,12-13,22H,5,7,11H2,1-4H3,(H,21,24). The maximum absolute atomic E-state index is 11.8. The maximum atomic E-state index is 11.8. The molecule has 0 saturated carbocycles. The monoisotopic (exact) mass is 356 g/mol. The Morgan fingerprint density at radius 2 is 2.00 bits per heavy atom. The highest BCUT2D eigenvalue weighted by molar-refractivity contribution is 5.95. The van der Waals surface area contributed by atoms with Crippen molar-refractivity contribution >= 4 is 23.0 Å². The van der Waals surface area contributed by atoms with E-state index in [1.54, 1.807) is 13.0 Å². The highest BCUT2D eigenvalue weighted by Crippen LogP contribution is 2.17. The van der Waals surface area contributed by atoms with E-state index in [2.05, 4.69) is 22.1 Å². The van der Waals surface area contributed by atoms with Crippen LogP contribution in [0.3, 0.4) is 0 Å². The van der Waals surface area contributed by atoms with Crippen LogP contribution in [0.2, 0.25) is 0 Å². The van der Waals surface area contributed by atoms with Gasteiger partial charge in [0.05, 0.1) is 6.61 Å². The van der Waals surface area contributed by atoms with Gasteiger partial charge in [0.2, 0.25) is 0 Å². The third-order valence-corrected chi connectivity index (χ3v) is 3.27. The van der Waals surface area contributed by atoms with Crippen molar-refractivity contribution in [3.8, 4) is 11.8 Å². The highest BCUT2D eigenvalue weighted by Gasteiger charge is 2.15. The Bertz CT molecular complexity index is 850. The first-order valence-corrected chi connectivity index (χ1v) is 8.54. The number of hydrogen-bond acceptors (Lipinski definition) is 4. The average Bonchev–Trinajstić information content (AvgIpc) is 2.96. The molecule has 0 aliphatic heterocycles. The normalized spacial score (nSPS) is 10.8. The van der Waals surface area contributed by atoms with E-state index in [-0.39, 0.29) is 5.97 Å². The van der Waals surface area contributed by atoms with Crippen LogP contribution in [0.1, 0.15) is 50.2 Å². The summed E-state index contributed by atoms with van der Waals surface area (Å²) in [5.74, 6) is 5.68. The van der Waals surface area contributed by atoms with E-state index in [1.807, 2.05) is 39.0 Å². The van der Waals surface area contributed by atoms with Gasteiger partial charge in [-0.15, -0.1) is 0 Å². The van der Waals surface area contributed by atoms with E-state index in [9.17, 15) is 9.59 Å². The van der Waals surface area contributed by atoms with Crippen LogP contribution in [0.4, 0.5) is 4.79 Å². The summed E-state index contributed by atoms with van der Waals surface area (Å²) in [5, 5.41) is 3.58. The summed E-state index contributed by atoms with van der Waals surface area (Å²) in [4.78, 5) is 26.3. The number of aromatic nitrogens is 1. The van der Waals surface area contributed by atoms with Crippen LogP contribution in [0, 0.1) is 11.8 Å². The number of esters is 1. The molecule has 0 aliphatic rings. The van der Waals surface area contributed by atoms with Crippen molar-refractivity contribution in [2.24, 2.45) is 0 Å². The van der Waals surface area contributed by atoms with Gasteiger partial charge in [-0.3, -0.25) is 0 Å². The average molecular weight is 356 g/mol. The fourth-order valence-corrected chi connectivity index (χ4v) is 2.23. The molecule has 1 heterocycles. The lowest BCUT2D eigenvalue weighted by Crippen LogP contribution is -2.32. The predicted molar refractivity (Wildman–Crippen MR) is 100.0 cm³/mol. The SMILES string of the molecule is CCOC(=O)c1cc2ccc(C#CCCNC(=O)OC(C)(C)C)cc2[nH]1. The number of amides is 1. The molecule has 138 valence electrons. The fourth-order valence-electron chi connectivity index (χ4n) is 2.23. The smallest absolute Gasteiger partial charge is 0.407 e. The zero-order chi connectivity index (χ0) is 19.2. The topological polar surface area (TPSA) is 80.4 Å². The molecule has 2 N–H and O–H groups in total. The van der Waals surface area contributed by atoms with Crippen LogP contribution in [0.5, 0.6) is 0 Å². The maximum Gasteiger partial charge on any atom is 0.407 e. The molecule has 0 radical (unpaired) electrons. The van der Waals surface area contributed by atoms with Crippen molar-refractivity contribution in [1.29, 1.82) is 0 Å². The largest absolute Gasteiger partial charge is 0.461 e. The van der Waals surface area contributed by atoms with Crippen molar-refractivity contribution in [3.05, 3.63) is 35.5 Å². The van der Waals surface area contributed by atoms with Crippen LogP contribution in [0.25, 0.3) is 10.9 Å². The minimum absolute atomic E-state index is 0.336. The second-order valence-electron chi connectivity index (χ2n) is 6.69. The molecule has 0 saturated heterocycles. The van der Waals surface area contributed by atoms with Gasteiger partial charge < -0.3 is 19.8 Å². The lowest BCUT2D eigenvalue weighted by Gasteiger charge is -2.19. The number of carbonyl (C=O) groups excluding carboxylic acids is 2. The first-order chi connectivity index (χ1) is 12.3. The highest BCUT2D eigenvalue weighted by atomic mass is 16.6. The number of aromatic amines is 1. The third-order valence-electron chi connectivity index (χ3n) is 3.27. The summed E-state index contributed by atoms with van der Waals surface area (Å²) in [6.45, 7) is 7.97. The van der Waals surface area contributed by atoms with Gasteiger partial charge in [0, 0.05) is 29.4 Å². The lowest BCUT2D eigenvalue weighted by molar-refractivity contribution is 0.0513. The zero-order valence-electron chi connectivity index (χ0n) is 15.6. The van der Waals surface area contributed by atoms with Gasteiger partial charge in [-0.2, -0.15) is 0 Å². The van der Waals surface area contributed by atoms with Crippen molar-refractivity contribution < 1.29 is 19.1 Å². The number of hydrogen-bond donors (Lipinski definition) is 2. The number of rotatable bonds is 4. The van der Waals surface area contributed by atoms with Crippen molar-refractivity contribution in [3.63, 3.8) is 0 Å². The van der Waals surface area contributed by atoms with Crippen LogP contribution in [-0.4, -0.2) is 35.8 Å². The van der Waals surface area contributed by atoms with E-state index >= 15 is 0 Å². The molecule has 0 unspecified atom stereocenters. The number of ether oxygens (including phenoxy) is 2. The van der Waals surface area contributed by atoms with Crippen LogP contribution in [-0.2, 0) is 9.47 Å². The van der Waals surface area contributed by atoms with Gasteiger partial charge in [-0.25, -0.2) is 9.59 Å². The number of carbonyl (C=O) groups is 2. The molecule has 0 fully saturated rings. The Morgan fingerprint density at radius 1 is 1.23 bits per heavy atom. The molecular formula is C20H24N2O4. The zero-order valence-corrected chi connectivity index (χ0v) is 15.6. The Morgan fingerprint density at radius 3 is 2.69 bits per heavy atom. The van der Waals surface area contributed by atoms with E-state index in [1.165, 1.54) is 0 Å². The molecule has 1 aromatic carbocycles. The number of alkyl carbamates (subject to hydrolysis) is 1. The minimum Gasteiger partial charge on any atom is -0.461 e. The molecule has 0 atom stereocenters. The molecule has 2 rings (SSSR count). The summed E-state index contributed by atoms with van der Waals surface area (Å²) in [5.41, 5.74) is 1.57. The van der Waals surface area contributed by atoms with E-state index in [4.69, 9.17) is 9.47 Å². The molecule has 1 aromatic heterocycles. The molecular weight excluding hydrogens is 332 g/mol. The molecule has 6 heteroatoms. The molecule has 0 aliphatic carbocycles. The van der Waals surface area contributed by atoms with Crippen molar-refractivity contribution in [1.82, 2.24) is 10.3 Å². The summed E-state index contributed by atoms with van der Waals surface area (Å²) in [7, 11) is 0. The number of nitrogens with one attached hydrogen (secondary N) is 2. The van der Waals surface area contributed by atoms with Crippen LogP contribution in [0.15, 0.2) is 24.3 Å². The number of fused-ring (bicyclic) bond motifs is 1. The molecule has 2 aromatic rings. The molecule has 0 spiro atoms.